The van der Waals surface area contributed by atoms with Crippen LogP contribution in [-0.2, 0) is 16.1 Å². The molecule has 0 radical (unpaired) electrons. The number of nitrogens with one attached hydrogen (secondary N) is 1. The Bertz CT molecular complexity index is 634. The summed E-state index contributed by atoms with van der Waals surface area (Å²) in [5, 5.41) is 8.77. The lowest BCUT2D eigenvalue weighted by molar-refractivity contribution is -0.146. The number of aromatic amines is 1. The maximum absolute atomic E-state index is 12.0. The lowest BCUT2D eigenvalue weighted by atomic mass is 10.3. The molecule has 0 saturated carbocycles. The summed E-state index contributed by atoms with van der Waals surface area (Å²) in [6.07, 6.45) is 1.19. The zero-order valence-electron chi connectivity index (χ0n) is 10.9. The zero-order chi connectivity index (χ0) is 15.4. The van der Waals surface area contributed by atoms with E-state index in [1.54, 1.807) is 13.8 Å². The maximum Gasteiger partial charge on any atom is 0.328 e. The second-order valence-electron chi connectivity index (χ2n) is 4.37. The maximum atomic E-state index is 12.0. The summed E-state index contributed by atoms with van der Waals surface area (Å²) in [7, 11) is 0. The largest absolute Gasteiger partial charge is 0.480 e. The Balaban J connectivity index is 2.99. The van der Waals surface area contributed by atoms with Gasteiger partial charge < -0.3 is 10.0 Å². The number of nitrogens with zero attached hydrogens (tertiary/aromatic N) is 2. The van der Waals surface area contributed by atoms with Crippen LogP contribution in [0.2, 0.25) is 0 Å². The molecule has 1 amide bonds. The van der Waals surface area contributed by atoms with Crippen LogP contribution in [0, 0.1) is 0 Å². The zero-order valence-corrected chi connectivity index (χ0v) is 12.5. The summed E-state index contributed by atoms with van der Waals surface area (Å²) in [6.45, 7) is 2.55. The van der Waals surface area contributed by atoms with E-state index in [0.29, 0.717) is 0 Å². The molecule has 0 aliphatic carbocycles. The molecular formula is C11H14BrN3O5. The molecule has 8 nitrogen and oxygen atoms in total. The first-order valence-electron chi connectivity index (χ1n) is 5.73. The van der Waals surface area contributed by atoms with Crippen LogP contribution in [0.15, 0.2) is 20.3 Å². The molecule has 1 heterocycles. The van der Waals surface area contributed by atoms with Gasteiger partial charge >= 0.3 is 11.7 Å². The van der Waals surface area contributed by atoms with Crippen molar-refractivity contribution in [3.8, 4) is 0 Å². The van der Waals surface area contributed by atoms with Crippen molar-refractivity contribution in [3.05, 3.63) is 31.5 Å². The Morgan fingerprint density at radius 1 is 1.45 bits per heavy atom. The monoisotopic (exact) mass is 347 g/mol. The van der Waals surface area contributed by atoms with Crippen molar-refractivity contribution in [2.75, 3.05) is 6.54 Å². The van der Waals surface area contributed by atoms with Crippen LogP contribution < -0.4 is 11.2 Å². The second kappa shape index (κ2) is 6.51. The molecule has 0 saturated heterocycles. The van der Waals surface area contributed by atoms with Gasteiger partial charge in [0.2, 0.25) is 5.91 Å². The van der Waals surface area contributed by atoms with Crippen molar-refractivity contribution in [1.29, 1.82) is 0 Å². The van der Waals surface area contributed by atoms with E-state index in [-0.39, 0.29) is 17.1 Å². The predicted molar refractivity (Wildman–Crippen MR) is 73.5 cm³/mol. The number of carboxylic acid groups (broad SMARTS) is 1. The van der Waals surface area contributed by atoms with Crippen molar-refractivity contribution >= 4 is 27.8 Å². The van der Waals surface area contributed by atoms with Gasteiger partial charge in [0.05, 0.1) is 4.47 Å². The quantitative estimate of drug-likeness (QED) is 0.753. The molecule has 0 fully saturated rings. The van der Waals surface area contributed by atoms with E-state index in [2.05, 4.69) is 15.9 Å². The highest BCUT2D eigenvalue weighted by atomic mass is 79.9. The SMILES string of the molecule is CC(C)N(CC(=O)O)C(=O)Cn1cc(Br)c(=O)[nH]c1=O. The number of carbonyl (C=O) groups excluding carboxylic acids is 1. The topological polar surface area (TPSA) is 112 Å². The van der Waals surface area contributed by atoms with Gasteiger partial charge in [-0.05, 0) is 29.8 Å². The normalized spacial score (nSPS) is 10.6. The second-order valence-corrected chi connectivity index (χ2v) is 5.23. The minimum Gasteiger partial charge on any atom is -0.480 e. The molecule has 1 aromatic heterocycles. The highest BCUT2D eigenvalue weighted by Gasteiger charge is 2.20. The number of aliphatic carboxylic acids is 1. The number of aromatic nitrogens is 2. The standard InChI is InChI=1S/C11H14BrN3O5/c1-6(2)15(5-9(17)18)8(16)4-14-3-7(12)10(19)13-11(14)20/h3,6H,4-5H2,1-2H3,(H,17,18)(H,13,19,20). The number of H-pyrrole nitrogens is 1. The van der Waals surface area contributed by atoms with Gasteiger partial charge in [-0.25, -0.2) is 4.79 Å². The Labute approximate surface area is 122 Å². The molecule has 0 bridgehead atoms. The fourth-order valence-corrected chi connectivity index (χ4v) is 1.89. The number of hydrogen-bond donors (Lipinski definition) is 2. The van der Waals surface area contributed by atoms with E-state index >= 15 is 0 Å². The molecule has 110 valence electrons. The molecule has 0 aliphatic rings. The van der Waals surface area contributed by atoms with Gasteiger partial charge in [-0.3, -0.25) is 23.9 Å². The highest BCUT2D eigenvalue weighted by Crippen LogP contribution is 2.02. The summed E-state index contributed by atoms with van der Waals surface area (Å²) in [5.74, 6) is -1.66. The van der Waals surface area contributed by atoms with E-state index in [4.69, 9.17) is 5.11 Å². The van der Waals surface area contributed by atoms with Gasteiger partial charge in [0.15, 0.2) is 0 Å². The van der Waals surface area contributed by atoms with Crippen LogP contribution in [0.5, 0.6) is 0 Å². The van der Waals surface area contributed by atoms with Gasteiger partial charge in [0.1, 0.15) is 13.1 Å². The van der Waals surface area contributed by atoms with Gasteiger partial charge in [-0.1, -0.05) is 0 Å². The molecule has 9 heteroatoms. The van der Waals surface area contributed by atoms with Crippen LogP contribution in [0.1, 0.15) is 13.8 Å². The Kier molecular flexibility index (Phi) is 5.26. The van der Waals surface area contributed by atoms with Crippen LogP contribution in [0.3, 0.4) is 0 Å². The summed E-state index contributed by atoms with van der Waals surface area (Å²) in [4.78, 5) is 48.6. The highest BCUT2D eigenvalue weighted by molar-refractivity contribution is 9.10. The average Bonchev–Trinajstić information content (AvgIpc) is 2.32. The first kappa shape index (κ1) is 16.2. The van der Waals surface area contributed by atoms with Crippen molar-refractivity contribution in [1.82, 2.24) is 14.5 Å². The van der Waals surface area contributed by atoms with Crippen LogP contribution in [-0.4, -0.2) is 44.0 Å². The molecule has 1 aromatic rings. The van der Waals surface area contributed by atoms with Crippen molar-refractivity contribution < 1.29 is 14.7 Å². The molecule has 0 atom stereocenters. The lowest BCUT2D eigenvalue weighted by Crippen LogP contribution is -2.44. The van der Waals surface area contributed by atoms with Gasteiger partial charge in [0.25, 0.3) is 5.56 Å². The van der Waals surface area contributed by atoms with E-state index in [1.807, 2.05) is 4.98 Å². The Morgan fingerprint density at radius 2 is 2.05 bits per heavy atom. The number of amides is 1. The first-order valence-corrected chi connectivity index (χ1v) is 6.52. The van der Waals surface area contributed by atoms with Crippen LogP contribution in [0.25, 0.3) is 0 Å². The van der Waals surface area contributed by atoms with Crippen LogP contribution in [0.4, 0.5) is 0 Å². The third-order valence-electron chi connectivity index (χ3n) is 2.52. The van der Waals surface area contributed by atoms with Crippen LogP contribution >= 0.6 is 15.9 Å². The molecule has 0 aromatic carbocycles. The first-order chi connectivity index (χ1) is 9.22. The molecule has 0 aliphatic heterocycles. The average molecular weight is 348 g/mol. The molecule has 0 spiro atoms. The Morgan fingerprint density at radius 3 is 2.55 bits per heavy atom. The van der Waals surface area contributed by atoms with E-state index < -0.39 is 29.7 Å². The number of hydrogen-bond acceptors (Lipinski definition) is 4. The summed E-state index contributed by atoms with van der Waals surface area (Å²) >= 11 is 2.95. The minimum absolute atomic E-state index is 0.110. The predicted octanol–water partition coefficient (Wildman–Crippen LogP) is -0.379. The minimum atomic E-state index is -1.14. The van der Waals surface area contributed by atoms with Crippen molar-refractivity contribution in [2.45, 2.75) is 26.4 Å². The van der Waals surface area contributed by atoms with E-state index in [0.717, 1.165) is 9.47 Å². The fraction of sp³-hybridized carbons (Fsp3) is 0.455. The van der Waals surface area contributed by atoms with Crippen molar-refractivity contribution in [3.63, 3.8) is 0 Å². The molecule has 1 rings (SSSR count). The number of halogens is 1. The van der Waals surface area contributed by atoms with Gasteiger partial charge in [0, 0.05) is 12.2 Å². The van der Waals surface area contributed by atoms with E-state index in [9.17, 15) is 19.2 Å². The number of rotatable bonds is 5. The third-order valence-corrected chi connectivity index (χ3v) is 3.09. The number of carboxylic acids is 1. The van der Waals surface area contributed by atoms with Gasteiger partial charge in [-0.15, -0.1) is 0 Å². The Hall–Kier alpha value is -1.90. The fourth-order valence-electron chi connectivity index (χ4n) is 1.54. The summed E-state index contributed by atoms with van der Waals surface area (Å²) < 4.78 is 1.12. The van der Waals surface area contributed by atoms with E-state index in [1.165, 1.54) is 6.20 Å². The molecular weight excluding hydrogens is 334 g/mol. The summed E-state index contributed by atoms with van der Waals surface area (Å²) in [6, 6.07) is -0.319. The lowest BCUT2D eigenvalue weighted by Gasteiger charge is -2.25. The number of carbonyl (C=O) groups is 2. The van der Waals surface area contributed by atoms with Gasteiger partial charge in [-0.2, -0.15) is 0 Å². The molecule has 2 N–H and O–H groups in total. The third kappa shape index (κ3) is 4.05. The smallest absolute Gasteiger partial charge is 0.328 e. The summed E-state index contributed by atoms with van der Waals surface area (Å²) in [5.41, 5.74) is -1.32. The van der Waals surface area contributed by atoms with Crippen molar-refractivity contribution in [2.24, 2.45) is 0 Å². The molecule has 20 heavy (non-hydrogen) atoms. The molecule has 0 unspecified atom stereocenters.